The van der Waals surface area contributed by atoms with Gasteiger partial charge in [-0.15, -0.1) is 4.28 Å². The molecule has 0 aromatic carbocycles. The van der Waals surface area contributed by atoms with Crippen molar-refractivity contribution in [3.05, 3.63) is 0 Å². The molecule has 28 heavy (non-hydrogen) atoms. The summed E-state index contributed by atoms with van der Waals surface area (Å²) in [6, 6.07) is -2.09. The number of hydrogen-bond acceptors (Lipinski definition) is 8. The van der Waals surface area contributed by atoms with Gasteiger partial charge in [0.2, 0.25) is 5.91 Å². The molecule has 0 saturated carbocycles. The number of hydrogen-bond donors (Lipinski definition) is 1. The molecular formula is C16H27N3O8S. The molecule has 12 heteroatoms. The fourth-order valence-corrected chi connectivity index (χ4v) is 4.21. The fourth-order valence-electron chi connectivity index (χ4n) is 3.42. The Morgan fingerprint density at radius 1 is 1.21 bits per heavy atom. The van der Waals surface area contributed by atoms with Crippen LogP contribution in [0.25, 0.3) is 0 Å². The van der Waals surface area contributed by atoms with Gasteiger partial charge in [-0.25, -0.2) is 8.98 Å². The third-order valence-electron chi connectivity index (χ3n) is 5.36. The van der Waals surface area contributed by atoms with Gasteiger partial charge in [-0.2, -0.15) is 13.5 Å². The lowest BCUT2D eigenvalue weighted by molar-refractivity contribution is -0.158. The standard InChI is InChI=1S/C16H27N3O8S/c1-4-16(5-2,14(21)25-6-3)10-26-28(23,24)27-19-11-7-8-12(13(17)20)18(9-11)15(19)22/h11-12H,4-10H2,1-3H3,(H2,17,20)/t11-,12+/m1/s1. The molecule has 11 nitrogen and oxygen atoms in total. The Labute approximate surface area is 164 Å². The van der Waals surface area contributed by atoms with Crippen LogP contribution in [0.3, 0.4) is 0 Å². The number of fused-ring (bicyclic) bond motifs is 2. The zero-order valence-electron chi connectivity index (χ0n) is 16.3. The molecule has 2 heterocycles. The summed E-state index contributed by atoms with van der Waals surface area (Å²) in [5.74, 6) is -1.21. The Balaban J connectivity index is 2.07. The maximum Gasteiger partial charge on any atom is 0.421 e. The summed E-state index contributed by atoms with van der Waals surface area (Å²) in [6.45, 7) is 4.93. The van der Waals surface area contributed by atoms with Gasteiger partial charge in [0.1, 0.15) is 6.04 Å². The number of amides is 3. The van der Waals surface area contributed by atoms with E-state index >= 15 is 0 Å². The largest absolute Gasteiger partial charge is 0.465 e. The van der Waals surface area contributed by atoms with Gasteiger partial charge in [-0.3, -0.25) is 9.59 Å². The molecule has 2 rings (SSSR count). The summed E-state index contributed by atoms with van der Waals surface area (Å²) in [7, 11) is -4.62. The van der Waals surface area contributed by atoms with Crippen molar-refractivity contribution in [2.75, 3.05) is 19.8 Å². The molecule has 0 aliphatic carbocycles. The van der Waals surface area contributed by atoms with Gasteiger partial charge < -0.3 is 15.4 Å². The monoisotopic (exact) mass is 421 g/mol. The number of carbonyl (C=O) groups excluding carboxylic acids is 3. The van der Waals surface area contributed by atoms with Crippen molar-refractivity contribution in [3.63, 3.8) is 0 Å². The number of nitrogens with zero attached hydrogens (tertiary/aromatic N) is 2. The number of nitrogens with two attached hydrogens (primary N) is 1. The van der Waals surface area contributed by atoms with Crippen LogP contribution in [0.2, 0.25) is 0 Å². The number of hydroxylamine groups is 2. The molecule has 0 unspecified atom stereocenters. The van der Waals surface area contributed by atoms with Crippen molar-refractivity contribution in [3.8, 4) is 0 Å². The first-order valence-corrected chi connectivity index (χ1v) is 10.6. The Morgan fingerprint density at radius 3 is 2.39 bits per heavy atom. The van der Waals surface area contributed by atoms with E-state index in [2.05, 4.69) is 0 Å². The summed E-state index contributed by atoms with van der Waals surface area (Å²) < 4.78 is 39.4. The summed E-state index contributed by atoms with van der Waals surface area (Å²) in [6.07, 6.45) is 1.29. The van der Waals surface area contributed by atoms with Crippen molar-refractivity contribution in [1.82, 2.24) is 9.96 Å². The van der Waals surface area contributed by atoms with Gasteiger partial charge in [-0.1, -0.05) is 13.8 Å². The van der Waals surface area contributed by atoms with E-state index in [1.807, 2.05) is 0 Å². The number of piperidine rings is 1. The highest BCUT2D eigenvalue weighted by molar-refractivity contribution is 7.81. The van der Waals surface area contributed by atoms with E-state index in [1.165, 1.54) is 4.90 Å². The normalized spacial score (nSPS) is 22.5. The predicted octanol–water partition coefficient (Wildman–Crippen LogP) is 0.303. The minimum absolute atomic E-state index is 0.138. The van der Waals surface area contributed by atoms with Crippen molar-refractivity contribution in [2.45, 2.75) is 58.5 Å². The van der Waals surface area contributed by atoms with Gasteiger partial charge >= 0.3 is 22.4 Å². The van der Waals surface area contributed by atoms with Crippen molar-refractivity contribution >= 4 is 28.3 Å². The lowest BCUT2D eigenvalue weighted by Crippen LogP contribution is -2.47. The molecule has 3 amide bonds. The number of ether oxygens (including phenoxy) is 1. The Hall–Kier alpha value is -1.92. The molecule has 2 bridgehead atoms. The molecule has 2 N–H and O–H groups in total. The van der Waals surface area contributed by atoms with E-state index in [4.69, 9.17) is 18.9 Å². The minimum atomic E-state index is -4.62. The average molecular weight is 421 g/mol. The van der Waals surface area contributed by atoms with Crippen molar-refractivity contribution in [1.29, 1.82) is 0 Å². The van der Waals surface area contributed by atoms with Gasteiger partial charge in [0.15, 0.2) is 0 Å². The molecule has 2 saturated heterocycles. The maximum absolute atomic E-state index is 12.4. The summed E-state index contributed by atoms with van der Waals surface area (Å²) in [5.41, 5.74) is 4.15. The molecule has 2 aliphatic heterocycles. The second-order valence-electron chi connectivity index (χ2n) is 6.86. The highest BCUT2D eigenvalue weighted by Gasteiger charge is 2.49. The second kappa shape index (κ2) is 8.62. The first-order valence-electron chi connectivity index (χ1n) is 9.26. The van der Waals surface area contributed by atoms with Crippen LogP contribution in [-0.2, 0) is 33.2 Å². The van der Waals surface area contributed by atoms with E-state index in [1.54, 1.807) is 20.8 Å². The molecule has 2 fully saturated rings. The van der Waals surface area contributed by atoms with Crippen LogP contribution in [0.15, 0.2) is 0 Å². The predicted molar refractivity (Wildman–Crippen MR) is 95.6 cm³/mol. The van der Waals surface area contributed by atoms with Gasteiger partial charge in [-0.05, 0) is 32.6 Å². The van der Waals surface area contributed by atoms with Gasteiger partial charge in [0.25, 0.3) is 0 Å². The zero-order chi connectivity index (χ0) is 21.1. The van der Waals surface area contributed by atoms with E-state index in [0.29, 0.717) is 30.7 Å². The quantitative estimate of drug-likeness (QED) is 0.496. The molecule has 2 aliphatic rings. The number of carbonyl (C=O) groups is 3. The molecule has 0 radical (unpaired) electrons. The third kappa shape index (κ3) is 4.39. The third-order valence-corrected chi connectivity index (χ3v) is 6.11. The van der Waals surface area contributed by atoms with E-state index in [9.17, 15) is 22.8 Å². The smallest absolute Gasteiger partial charge is 0.421 e. The van der Waals surface area contributed by atoms with Crippen LogP contribution in [-0.4, -0.2) is 68.1 Å². The van der Waals surface area contributed by atoms with Crippen LogP contribution >= 0.6 is 0 Å². The van der Waals surface area contributed by atoms with Crippen LogP contribution < -0.4 is 5.73 Å². The Bertz CT molecular complexity index is 721. The number of primary amides is 1. The van der Waals surface area contributed by atoms with E-state index in [-0.39, 0.29) is 13.2 Å². The van der Waals surface area contributed by atoms with E-state index in [0.717, 1.165) is 0 Å². The lowest BCUT2D eigenvalue weighted by Gasteiger charge is -2.28. The summed E-state index contributed by atoms with van der Waals surface area (Å²) in [5, 5.41) is 0.697. The van der Waals surface area contributed by atoms with Crippen LogP contribution in [0.4, 0.5) is 4.79 Å². The maximum atomic E-state index is 12.4. The summed E-state index contributed by atoms with van der Waals surface area (Å²) in [4.78, 5) is 37.3. The molecule has 0 aromatic rings. The fraction of sp³-hybridized carbons (Fsp3) is 0.812. The number of rotatable bonds is 10. The SMILES string of the molecule is CCOC(=O)C(CC)(CC)COS(=O)(=O)ON1C(=O)N2C[C@H]1CC[C@H]2C(N)=O. The average Bonchev–Trinajstić information content (AvgIpc) is 2.87. The number of esters is 1. The topological polar surface area (TPSA) is 146 Å². The first-order chi connectivity index (χ1) is 13.1. The van der Waals surface area contributed by atoms with Crippen LogP contribution in [0, 0.1) is 5.41 Å². The molecule has 0 aromatic heterocycles. The zero-order valence-corrected chi connectivity index (χ0v) is 17.1. The van der Waals surface area contributed by atoms with Crippen molar-refractivity contribution in [2.24, 2.45) is 11.1 Å². The van der Waals surface area contributed by atoms with Gasteiger partial charge in [0.05, 0.1) is 24.7 Å². The molecular weight excluding hydrogens is 394 g/mol. The molecule has 160 valence electrons. The first kappa shape index (κ1) is 22.4. The van der Waals surface area contributed by atoms with Gasteiger partial charge in [0, 0.05) is 6.54 Å². The highest BCUT2D eigenvalue weighted by atomic mass is 32.3. The van der Waals surface area contributed by atoms with E-state index < -0.39 is 52.4 Å². The molecule has 0 spiro atoms. The minimum Gasteiger partial charge on any atom is -0.465 e. The highest BCUT2D eigenvalue weighted by Crippen LogP contribution is 2.32. The lowest BCUT2D eigenvalue weighted by atomic mass is 9.83. The van der Waals surface area contributed by atoms with Crippen LogP contribution in [0.1, 0.15) is 46.5 Å². The Kier molecular flexibility index (Phi) is 6.88. The molecule has 2 atom stereocenters. The Morgan fingerprint density at radius 2 is 1.86 bits per heavy atom. The van der Waals surface area contributed by atoms with Crippen LogP contribution in [0.5, 0.6) is 0 Å². The van der Waals surface area contributed by atoms with Crippen molar-refractivity contribution < 1.29 is 36.0 Å². The summed E-state index contributed by atoms with van der Waals surface area (Å²) >= 11 is 0. The number of urea groups is 1. The second-order valence-corrected chi connectivity index (χ2v) is 8.06.